The zero-order valence-electron chi connectivity index (χ0n) is 23.0. The molecular weight excluding hydrogens is 566 g/mol. The average Bonchev–Trinajstić information content (AvgIpc) is 3.39. The predicted octanol–water partition coefficient (Wildman–Crippen LogP) is 6.77. The minimum absolute atomic E-state index is 0.103. The lowest BCUT2D eigenvalue weighted by atomic mass is 10.0. The van der Waals surface area contributed by atoms with Gasteiger partial charge in [0.15, 0.2) is 12.1 Å². The molecule has 0 spiro atoms. The van der Waals surface area contributed by atoms with Gasteiger partial charge in [0.05, 0.1) is 43.0 Å². The maximum atomic E-state index is 13.5. The second-order valence-corrected chi connectivity index (χ2v) is 10.6. The lowest BCUT2D eigenvalue weighted by molar-refractivity contribution is -0.231. The Morgan fingerprint density at radius 3 is 2.21 bits per heavy atom. The van der Waals surface area contributed by atoms with Gasteiger partial charge in [-0.25, -0.2) is 0 Å². The molecular formula is C29H32F6N4O3. The van der Waals surface area contributed by atoms with Crippen LogP contribution >= 0.6 is 0 Å². The van der Waals surface area contributed by atoms with E-state index < -0.39 is 41.9 Å². The van der Waals surface area contributed by atoms with Gasteiger partial charge in [-0.3, -0.25) is 9.80 Å². The molecule has 0 saturated carbocycles. The van der Waals surface area contributed by atoms with Gasteiger partial charge >= 0.3 is 12.4 Å². The molecule has 0 bridgehead atoms. The third-order valence-corrected chi connectivity index (χ3v) is 7.53. The number of halogens is 6. The number of aromatic nitrogens is 2. The minimum atomic E-state index is -4.96. The van der Waals surface area contributed by atoms with Gasteiger partial charge in [-0.15, -0.1) is 0 Å². The van der Waals surface area contributed by atoms with Crippen LogP contribution in [0.5, 0.6) is 0 Å². The van der Waals surface area contributed by atoms with Gasteiger partial charge in [-0.05, 0) is 62.2 Å². The zero-order chi connectivity index (χ0) is 29.9. The van der Waals surface area contributed by atoms with E-state index in [0.717, 1.165) is 31.5 Å². The summed E-state index contributed by atoms with van der Waals surface area (Å²) in [5.74, 6) is 0.979. The van der Waals surface area contributed by atoms with Crippen molar-refractivity contribution >= 4 is 0 Å². The van der Waals surface area contributed by atoms with E-state index in [2.05, 4.69) is 15.0 Å². The van der Waals surface area contributed by atoms with Crippen molar-refractivity contribution < 1.29 is 40.3 Å². The van der Waals surface area contributed by atoms with Crippen LogP contribution in [0, 0.1) is 0 Å². The molecule has 228 valence electrons. The molecule has 2 aliphatic rings. The Labute approximate surface area is 239 Å². The number of benzene rings is 2. The Hall–Kier alpha value is -3.00. The molecule has 2 fully saturated rings. The molecule has 2 aromatic carbocycles. The van der Waals surface area contributed by atoms with Gasteiger partial charge in [0.25, 0.3) is 0 Å². The first-order chi connectivity index (χ1) is 20.0. The van der Waals surface area contributed by atoms with Gasteiger partial charge in [0, 0.05) is 6.54 Å². The third kappa shape index (κ3) is 7.49. The summed E-state index contributed by atoms with van der Waals surface area (Å²) in [5, 5.41) is 4.14. The standard InChI is InChI=1S/C29H32F6N4O3/c1-19(21-14-22(28(30,31)32)16-23(15-21)29(33,34)35)41-27-26(20-8-4-2-5-9-20)39(12-13-40-27)18-25-36-24(37-42-25)17-38-10-6-3-7-11-38/h2,4-5,8-9,14-16,19,26-27H,3,6-7,10-13,17-18H2,1H3/t19-,26?,27?/m1/s1. The van der Waals surface area contributed by atoms with Gasteiger partial charge in [-0.1, -0.05) is 41.9 Å². The highest BCUT2D eigenvalue weighted by Gasteiger charge is 2.39. The summed E-state index contributed by atoms with van der Waals surface area (Å²) < 4.78 is 98.4. The monoisotopic (exact) mass is 598 g/mol. The number of likely N-dealkylation sites (tertiary alicyclic amines) is 1. The average molecular weight is 599 g/mol. The first-order valence-electron chi connectivity index (χ1n) is 13.9. The first-order valence-corrected chi connectivity index (χ1v) is 13.9. The molecule has 0 aliphatic carbocycles. The summed E-state index contributed by atoms with van der Waals surface area (Å²) in [7, 11) is 0. The second-order valence-electron chi connectivity index (χ2n) is 10.6. The molecule has 7 nitrogen and oxygen atoms in total. The van der Waals surface area contributed by atoms with Crippen molar-refractivity contribution in [1.82, 2.24) is 19.9 Å². The zero-order valence-corrected chi connectivity index (χ0v) is 23.0. The highest BCUT2D eigenvalue weighted by Crippen LogP contribution is 2.39. The molecule has 2 saturated heterocycles. The molecule has 0 amide bonds. The number of morpholine rings is 1. The summed E-state index contributed by atoms with van der Waals surface area (Å²) in [6.45, 7) is 4.89. The van der Waals surface area contributed by atoms with E-state index in [0.29, 0.717) is 36.9 Å². The van der Waals surface area contributed by atoms with Crippen LogP contribution in [0.15, 0.2) is 53.1 Å². The quantitative estimate of drug-likeness (QED) is 0.265. The van der Waals surface area contributed by atoms with Gasteiger partial charge in [0.1, 0.15) is 0 Å². The van der Waals surface area contributed by atoms with Crippen LogP contribution < -0.4 is 0 Å². The van der Waals surface area contributed by atoms with Crippen molar-refractivity contribution in [3.05, 3.63) is 82.5 Å². The lowest BCUT2D eigenvalue weighted by Crippen LogP contribution is -2.46. The molecule has 2 unspecified atom stereocenters. The second kappa shape index (κ2) is 12.7. The Kier molecular flexibility index (Phi) is 9.21. The Morgan fingerprint density at radius 2 is 1.57 bits per heavy atom. The number of hydrogen-bond donors (Lipinski definition) is 0. The molecule has 13 heteroatoms. The molecule has 3 aromatic rings. The Bertz CT molecular complexity index is 1280. The fourth-order valence-electron chi connectivity index (χ4n) is 5.40. The van der Waals surface area contributed by atoms with Crippen molar-refractivity contribution in [2.75, 3.05) is 26.2 Å². The van der Waals surface area contributed by atoms with Crippen molar-refractivity contribution in [3.63, 3.8) is 0 Å². The molecule has 3 heterocycles. The van der Waals surface area contributed by atoms with E-state index in [4.69, 9.17) is 14.0 Å². The van der Waals surface area contributed by atoms with E-state index in [1.165, 1.54) is 13.3 Å². The number of piperidine rings is 1. The molecule has 2 aliphatic heterocycles. The van der Waals surface area contributed by atoms with Crippen LogP contribution in [0.3, 0.4) is 0 Å². The molecule has 5 rings (SSSR count). The summed E-state index contributed by atoms with van der Waals surface area (Å²) >= 11 is 0. The lowest BCUT2D eigenvalue weighted by Gasteiger charge is -2.41. The predicted molar refractivity (Wildman–Crippen MR) is 139 cm³/mol. The van der Waals surface area contributed by atoms with Crippen LogP contribution in [0.4, 0.5) is 26.3 Å². The van der Waals surface area contributed by atoms with Crippen LogP contribution in [0.2, 0.25) is 0 Å². The molecule has 1 aromatic heterocycles. The topological polar surface area (TPSA) is 63.9 Å². The molecule has 3 atom stereocenters. The van der Waals surface area contributed by atoms with Crippen LogP contribution in [0.1, 0.15) is 72.3 Å². The molecule has 0 N–H and O–H groups in total. The van der Waals surface area contributed by atoms with E-state index >= 15 is 0 Å². The van der Waals surface area contributed by atoms with Crippen LogP contribution in [0.25, 0.3) is 0 Å². The van der Waals surface area contributed by atoms with Crippen molar-refractivity contribution in [2.45, 2.75) is 70.1 Å². The van der Waals surface area contributed by atoms with Crippen LogP contribution in [-0.2, 0) is 34.9 Å². The fourth-order valence-corrected chi connectivity index (χ4v) is 5.40. The number of hydrogen-bond acceptors (Lipinski definition) is 7. The molecule has 42 heavy (non-hydrogen) atoms. The summed E-state index contributed by atoms with van der Waals surface area (Å²) in [4.78, 5) is 8.85. The highest BCUT2D eigenvalue weighted by molar-refractivity contribution is 5.34. The Morgan fingerprint density at radius 1 is 0.905 bits per heavy atom. The largest absolute Gasteiger partial charge is 0.416 e. The van der Waals surface area contributed by atoms with Gasteiger partial charge in [0.2, 0.25) is 5.89 Å². The third-order valence-electron chi connectivity index (χ3n) is 7.53. The van der Waals surface area contributed by atoms with Crippen molar-refractivity contribution in [1.29, 1.82) is 0 Å². The highest BCUT2D eigenvalue weighted by atomic mass is 19.4. The van der Waals surface area contributed by atoms with Gasteiger partial charge < -0.3 is 14.0 Å². The number of rotatable bonds is 8. The van der Waals surface area contributed by atoms with E-state index in [9.17, 15) is 26.3 Å². The number of ether oxygens (including phenoxy) is 2. The van der Waals surface area contributed by atoms with Crippen molar-refractivity contribution in [3.8, 4) is 0 Å². The summed E-state index contributed by atoms with van der Waals surface area (Å²) in [5.41, 5.74) is -2.26. The minimum Gasteiger partial charge on any atom is -0.349 e. The maximum Gasteiger partial charge on any atom is 0.416 e. The van der Waals surface area contributed by atoms with Gasteiger partial charge in [-0.2, -0.15) is 31.3 Å². The smallest absolute Gasteiger partial charge is 0.349 e. The van der Waals surface area contributed by atoms with E-state index in [1.807, 2.05) is 35.2 Å². The number of nitrogens with zero attached hydrogens (tertiary/aromatic N) is 4. The SMILES string of the molecule is C[C@@H](OC1OCCN(Cc2nc(CN3CCCCC3)no2)C1c1ccccc1)c1cc(C(F)(F)F)cc(C(F)(F)F)c1. The van der Waals surface area contributed by atoms with E-state index in [-0.39, 0.29) is 24.8 Å². The fraction of sp³-hybridized carbons (Fsp3) is 0.517. The van der Waals surface area contributed by atoms with Crippen LogP contribution in [-0.4, -0.2) is 52.5 Å². The summed E-state index contributed by atoms with van der Waals surface area (Å²) in [6.07, 6.45) is -8.59. The number of alkyl halides is 6. The van der Waals surface area contributed by atoms with Crippen molar-refractivity contribution in [2.24, 2.45) is 0 Å². The normalized spacial score (nSPS) is 21.9. The Balaban J connectivity index is 1.37. The maximum absolute atomic E-state index is 13.5. The first kappa shape index (κ1) is 30.5. The van der Waals surface area contributed by atoms with E-state index in [1.54, 1.807) is 0 Å². The summed E-state index contributed by atoms with van der Waals surface area (Å²) in [6, 6.07) is 10.1. The molecule has 0 radical (unpaired) electrons.